The molecular formula is C20H33NO4S. The van der Waals surface area contributed by atoms with Crippen LogP contribution in [0, 0.1) is 17.8 Å². The number of aliphatic hydroxyl groups is 1. The maximum atomic E-state index is 12.6. The number of carbonyl (C=O) groups excluding carboxylic acids is 3. The molecule has 0 aromatic carbocycles. The van der Waals surface area contributed by atoms with Crippen molar-refractivity contribution in [3.8, 4) is 0 Å². The first-order valence-corrected chi connectivity index (χ1v) is 11.0. The lowest BCUT2D eigenvalue weighted by Gasteiger charge is -2.30. The Labute approximate surface area is 161 Å². The molecule has 1 heterocycles. The second-order valence-electron chi connectivity index (χ2n) is 8.04. The van der Waals surface area contributed by atoms with Gasteiger partial charge in [-0.15, -0.1) is 11.8 Å². The van der Waals surface area contributed by atoms with Gasteiger partial charge in [-0.1, -0.05) is 20.8 Å². The molecule has 1 saturated heterocycles. The lowest BCUT2D eigenvalue weighted by Crippen LogP contribution is -2.37. The molecule has 2 rings (SSSR count). The van der Waals surface area contributed by atoms with Crippen LogP contribution in [0.5, 0.6) is 0 Å². The molecule has 1 aliphatic carbocycles. The molecule has 0 radical (unpaired) electrons. The van der Waals surface area contributed by atoms with E-state index in [1.54, 1.807) is 0 Å². The Kier molecular flexibility index (Phi) is 8.14. The molecule has 0 aromatic heterocycles. The Morgan fingerprint density at radius 1 is 1.23 bits per heavy atom. The second-order valence-corrected chi connectivity index (χ2v) is 9.35. The van der Waals surface area contributed by atoms with E-state index >= 15 is 0 Å². The zero-order valence-corrected chi connectivity index (χ0v) is 17.1. The molecule has 2 unspecified atom stereocenters. The van der Waals surface area contributed by atoms with Crippen molar-refractivity contribution >= 4 is 29.4 Å². The topological polar surface area (TPSA) is 74.7 Å². The summed E-state index contributed by atoms with van der Waals surface area (Å²) in [5.41, 5.74) is 0. The average molecular weight is 384 g/mol. The fourth-order valence-corrected chi connectivity index (χ4v) is 5.05. The monoisotopic (exact) mass is 383 g/mol. The predicted octanol–water partition coefficient (Wildman–Crippen LogP) is 3.04. The molecule has 0 aromatic rings. The number of carbonyl (C=O) groups is 3. The van der Waals surface area contributed by atoms with Crippen LogP contribution < -0.4 is 0 Å². The van der Waals surface area contributed by atoms with E-state index in [1.165, 1.54) is 16.7 Å². The van der Waals surface area contributed by atoms with Crippen molar-refractivity contribution in [2.75, 3.05) is 12.3 Å². The Morgan fingerprint density at radius 3 is 2.46 bits per heavy atom. The third-order valence-electron chi connectivity index (χ3n) is 5.80. The zero-order chi connectivity index (χ0) is 19.3. The van der Waals surface area contributed by atoms with Gasteiger partial charge < -0.3 is 5.11 Å². The molecule has 26 heavy (non-hydrogen) atoms. The van der Waals surface area contributed by atoms with Gasteiger partial charge in [0, 0.05) is 25.3 Å². The van der Waals surface area contributed by atoms with Crippen molar-refractivity contribution in [3.63, 3.8) is 0 Å². The fourth-order valence-electron chi connectivity index (χ4n) is 3.85. The third-order valence-corrected chi connectivity index (χ3v) is 7.04. The quantitative estimate of drug-likeness (QED) is 0.620. The van der Waals surface area contributed by atoms with Gasteiger partial charge in [0.15, 0.2) is 0 Å². The van der Waals surface area contributed by atoms with Crippen LogP contribution in [0.3, 0.4) is 0 Å². The van der Waals surface area contributed by atoms with Crippen LogP contribution in [-0.4, -0.2) is 51.3 Å². The number of rotatable bonds is 9. The van der Waals surface area contributed by atoms with Gasteiger partial charge in [-0.05, 0) is 49.7 Å². The van der Waals surface area contributed by atoms with E-state index in [0.29, 0.717) is 36.8 Å². The van der Waals surface area contributed by atoms with Crippen molar-refractivity contribution in [1.82, 2.24) is 4.90 Å². The zero-order valence-electron chi connectivity index (χ0n) is 16.3. The van der Waals surface area contributed by atoms with E-state index < -0.39 is 0 Å². The van der Waals surface area contributed by atoms with Crippen LogP contribution in [0.2, 0.25) is 0 Å². The molecule has 0 bridgehead atoms. The maximum Gasteiger partial charge on any atom is 0.242 e. The van der Waals surface area contributed by atoms with Gasteiger partial charge in [0.1, 0.15) is 5.78 Å². The summed E-state index contributed by atoms with van der Waals surface area (Å²) in [5, 5.41) is 9.57. The van der Waals surface area contributed by atoms with Crippen molar-refractivity contribution in [3.05, 3.63) is 0 Å². The molecule has 5 nitrogen and oxygen atoms in total. The number of ketones is 1. The van der Waals surface area contributed by atoms with Crippen molar-refractivity contribution in [2.45, 2.75) is 77.1 Å². The minimum Gasteiger partial charge on any atom is -0.393 e. The number of imide groups is 1. The van der Waals surface area contributed by atoms with Crippen LogP contribution in [0.1, 0.15) is 65.7 Å². The normalized spacial score (nSPS) is 28.0. The Morgan fingerprint density at radius 2 is 1.88 bits per heavy atom. The molecule has 2 fully saturated rings. The van der Waals surface area contributed by atoms with Gasteiger partial charge >= 0.3 is 0 Å². The summed E-state index contributed by atoms with van der Waals surface area (Å²) in [5.74, 6) is 1.63. The van der Waals surface area contributed by atoms with Crippen LogP contribution in [0.4, 0.5) is 0 Å². The van der Waals surface area contributed by atoms with Crippen LogP contribution in [0.15, 0.2) is 0 Å². The Bertz CT molecular complexity index is 514. The molecule has 1 N–H and O–H groups in total. The summed E-state index contributed by atoms with van der Waals surface area (Å²) < 4.78 is 0. The first kappa shape index (κ1) is 21.4. The van der Waals surface area contributed by atoms with E-state index in [2.05, 4.69) is 0 Å². The highest BCUT2D eigenvalue weighted by Crippen LogP contribution is 2.33. The largest absolute Gasteiger partial charge is 0.393 e. The molecule has 1 saturated carbocycles. The highest BCUT2D eigenvalue weighted by molar-refractivity contribution is 8.00. The standard InChI is InChI=1S/C20H33NO4S/c1-4-16(22)15-7-5-14(6-8-15)12-21-19(24)11-18(20(21)25)26-10-9-17(23)13(2)3/h13-15,17-18,23H,4-12H2,1-3H3. The number of hydrogen-bond donors (Lipinski definition) is 1. The van der Waals surface area contributed by atoms with Gasteiger partial charge in [-0.2, -0.15) is 0 Å². The molecule has 1 aliphatic heterocycles. The second kappa shape index (κ2) is 9.88. The lowest BCUT2D eigenvalue weighted by atomic mass is 9.79. The number of Topliss-reactive ketones (excluding diaryl/α,β-unsaturated/α-hetero) is 1. The van der Waals surface area contributed by atoms with Gasteiger partial charge in [-0.25, -0.2) is 0 Å². The molecule has 6 heteroatoms. The van der Waals surface area contributed by atoms with Crippen LogP contribution in [0.25, 0.3) is 0 Å². The molecule has 2 atom stereocenters. The van der Waals surface area contributed by atoms with Gasteiger partial charge in [0.25, 0.3) is 0 Å². The van der Waals surface area contributed by atoms with Crippen molar-refractivity contribution < 1.29 is 19.5 Å². The fraction of sp³-hybridized carbons (Fsp3) is 0.850. The highest BCUT2D eigenvalue weighted by atomic mass is 32.2. The number of likely N-dealkylation sites (tertiary alicyclic amines) is 1. The smallest absolute Gasteiger partial charge is 0.242 e. The average Bonchev–Trinajstić information content (AvgIpc) is 2.89. The summed E-state index contributed by atoms with van der Waals surface area (Å²) in [6.45, 7) is 6.37. The summed E-state index contributed by atoms with van der Waals surface area (Å²) in [6.07, 6.45) is 4.80. The van der Waals surface area contributed by atoms with E-state index in [0.717, 1.165) is 25.7 Å². The lowest BCUT2D eigenvalue weighted by molar-refractivity contribution is -0.139. The van der Waals surface area contributed by atoms with E-state index in [1.807, 2.05) is 20.8 Å². The summed E-state index contributed by atoms with van der Waals surface area (Å²) in [6, 6.07) is 0. The molecule has 0 spiro atoms. The first-order chi connectivity index (χ1) is 12.3. The summed E-state index contributed by atoms with van der Waals surface area (Å²) in [7, 11) is 0. The van der Waals surface area contributed by atoms with E-state index in [4.69, 9.17) is 0 Å². The number of hydrogen-bond acceptors (Lipinski definition) is 5. The highest BCUT2D eigenvalue weighted by Gasteiger charge is 2.40. The van der Waals surface area contributed by atoms with Crippen LogP contribution in [-0.2, 0) is 14.4 Å². The molecule has 2 amide bonds. The number of aliphatic hydroxyl groups excluding tert-OH is 1. The Hall–Kier alpha value is -0.880. The number of thioether (sulfide) groups is 1. The van der Waals surface area contributed by atoms with E-state index in [-0.39, 0.29) is 41.4 Å². The number of amides is 2. The molecular weight excluding hydrogens is 350 g/mol. The third kappa shape index (κ3) is 5.56. The molecule has 148 valence electrons. The van der Waals surface area contributed by atoms with E-state index in [9.17, 15) is 19.5 Å². The van der Waals surface area contributed by atoms with Crippen LogP contribution >= 0.6 is 11.8 Å². The van der Waals surface area contributed by atoms with Crippen molar-refractivity contribution in [1.29, 1.82) is 0 Å². The minimum atomic E-state index is -0.355. The van der Waals surface area contributed by atoms with Gasteiger partial charge in [0.2, 0.25) is 11.8 Å². The SMILES string of the molecule is CCC(=O)C1CCC(CN2C(=O)CC(SCCC(O)C(C)C)C2=O)CC1. The number of nitrogens with zero attached hydrogens (tertiary/aromatic N) is 1. The Balaban J connectivity index is 1.77. The maximum absolute atomic E-state index is 12.6. The predicted molar refractivity (Wildman–Crippen MR) is 104 cm³/mol. The summed E-state index contributed by atoms with van der Waals surface area (Å²) in [4.78, 5) is 38.1. The summed E-state index contributed by atoms with van der Waals surface area (Å²) >= 11 is 1.50. The van der Waals surface area contributed by atoms with Gasteiger partial charge in [0.05, 0.1) is 11.4 Å². The minimum absolute atomic E-state index is 0.0641. The first-order valence-electron chi connectivity index (χ1n) is 10.00. The van der Waals surface area contributed by atoms with Gasteiger partial charge in [-0.3, -0.25) is 19.3 Å². The molecule has 2 aliphatic rings. The van der Waals surface area contributed by atoms with Crippen molar-refractivity contribution in [2.24, 2.45) is 17.8 Å².